The average Bonchev–Trinajstić information content (AvgIpc) is 2.25. The molecule has 0 saturated heterocycles. The zero-order valence-corrected chi connectivity index (χ0v) is 11.7. The molecule has 0 spiro atoms. The minimum Gasteiger partial charge on any atom is -0.393 e. The van der Waals surface area contributed by atoms with Gasteiger partial charge in [-0.25, -0.2) is 0 Å². The lowest BCUT2D eigenvalue weighted by atomic mass is 10.0. The van der Waals surface area contributed by atoms with E-state index in [4.69, 9.17) is 18.0 Å². The van der Waals surface area contributed by atoms with Crippen LogP contribution in [-0.4, -0.2) is 23.5 Å². The van der Waals surface area contributed by atoms with Crippen LogP contribution in [0.2, 0.25) is 0 Å². The second-order valence-electron chi connectivity index (χ2n) is 4.93. The third-order valence-corrected chi connectivity index (χ3v) is 2.93. The minimum atomic E-state index is 0.288. The fourth-order valence-electron chi connectivity index (χ4n) is 2.10. The summed E-state index contributed by atoms with van der Waals surface area (Å²) in [7, 11) is 2.13. The van der Waals surface area contributed by atoms with Crippen LogP contribution in [0.15, 0.2) is 30.3 Å². The molecule has 0 saturated carbocycles. The smallest absolute Gasteiger partial charge is 0.0746 e. The first-order valence-electron chi connectivity index (χ1n) is 6.04. The first-order valence-corrected chi connectivity index (χ1v) is 6.45. The summed E-state index contributed by atoms with van der Waals surface area (Å²) in [6, 6.07) is 10.7. The fraction of sp³-hybridized carbons (Fsp3) is 0.500. The Bertz CT molecular complexity index is 348. The van der Waals surface area contributed by atoms with Gasteiger partial charge in [-0.2, -0.15) is 0 Å². The molecule has 0 amide bonds. The number of nitrogens with two attached hydrogens (primary N) is 1. The van der Waals surface area contributed by atoms with Crippen molar-refractivity contribution in [2.24, 2.45) is 11.7 Å². The number of hydrogen-bond donors (Lipinski definition) is 1. The van der Waals surface area contributed by atoms with Crippen molar-refractivity contribution in [3.63, 3.8) is 0 Å². The van der Waals surface area contributed by atoms with E-state index in [2.05, 4.69) is 50.1 Å². The van der Waals surface area contributed by atoms with Crippen LogP contribution < -0.4 is 5.73 Å². The minimum absolute atomic E-state index is 0.288. The van der Waals surface area contributed by atoms with E-state index in [-0.39, 0.29) is 6.04 Å². The second kappa shape index (κ2) is 6.72. The molecule has 94 valence electrons. The van der Waals surface area contributed by atoms with Gasteiger partial charge in [0.15, 0.2) is 0 Å². The topological polar surface area (TPSA) is 29.3 Å². The lowest BCUT2D eigenvalue weighted by Crippen LogP contribution is -2.31. The van der Waals surface area contributed by atoms with Crippen molar-refractivity contribution in [2.75, 3.05) is 13.6 Å². The Morgan fingerprint density at radius 1 is 1.29 bits per heavy atom. The van der Waals surface area contributed by atoms with Gasteiger partial charge in [-0.1, -0.05) is 56.4 Å². The van der Waals surface area contributed by atoms with Crippen LogP contribution in [0.4, 0.5) is 0 Å². The standard InChI is InChI=1S/C14H22N2S/c1-11(2)10-16(3)13(9-14(15)17)12-7-5-4-6-8-12/h4-8,11,13H,9-10H2,1-3H3,(H2,15,17). The molecule has 0 aliphatic carbocycles. The summed E-state index contributed by atoms with van der Waals surface area (Å²) < 4.78 is 0. The molecule has 0 aliphatic heterocycles. The summed E-state index contributed by atoms with van der Waals surface area (Å²) in [4.78, 5) is 2.91. The van der Waals surface area contributed by atoms with Gasteiger partial charge in [-0.15, -0.1) is 0 Å². The van der Waals surface area contributed by atoms with Crippen LogP contribution in [0.5, 0.6) is 0 Å². The Hall–Kier alpha value is -0.930. The molecule has 0 radical (unpaired) electrons. The maximum Gasteiger partial charge on any atom is 0.0746 e. The third-order valence-electron chi connectivity index (χ3n) is 2.76. The highest BCUT2D eigenvalue weighted by atomic mass is 32.1. The van der Waals surface area contributed by atoms with Crippen LogP contribution in [-0.2, 0) is 0 Å². The number of rotatable bonds is 6. The van der Waals surface area contributed by atoms with E-state index in [0.29, 0.717) is 10.9 Å². The van der Waals surface area contributed by atoms with Crippen molar-refractivity contribution in [1.29, 1.82) is 0 Å². The summed E-state index contributed by atoms with van der Waals surface area (Å²) in [5.74, 6) is 0.637. The molecule has 2 N–H and O–H groups in total. The Morgan fingerprint density at radius 2 is 1.88 bits per heavy atom. The number of hydrogen-bond acceptors (Lipinski definition) is 2. The lowest BCUT2D eigenvalue weighted by molar-refractivity contribution is 0.224. The monoisotopic (exact) mass is 250 g/mol. The fourth-order valence-corrected chi connectivity index (χ4v) is 2.25. The van der Waals surface area contributed by atoms with Gasteiger partial charge in [0.25, 0.3) is 0 Å². The van der Waals surface area contributed by atoms with Crippen LogP contribution >= 0.6 is 12.2 Å². The highest BCUT2D eigenvalue weighted by Crippen LogP contribution is 2.23. The normalized spacial score (nSPS) is 13.0. The van der Waals surface area contributed by atoms with Crippen molar-refractivity contribution in [2.45, 2.75) is 26.3 Å². The molecular weight excluding hydrogens is 228 g/mol. The molecule has 3 heteroatoms. The molecular formula is C14H22N2S. The molecule has 0 aliphatic rings. The van der Waals surface area contributed by atoms with Gasteiger partial charge in [0.05, 0.1) is 4.99 Å². The highest BCUT2D eigenvalue weighted by molar-refractivity contribution is 7.80. The largest absolute Gasteiger partial charge is 0.393 e. The quantitative estimate of drug-likeness (QED) is 0.787. The number of nitrogens with zero attached hydrogens (tertiary/aromatic N) is 1. The van der Waals surface area contributed by atoms with Crippen LogP contribution in [0.3, 0.4) is 0 Å². The Labute approximate surface area is 110 Å². The molecule has 1 unspecified atom stereocenters. The van der Waals surface area contributed by atoms with Crippen molar-refractivity contribution in [1.82, 2.24) is 4.90 Å². The van der Waals surface area contributed by atoms with E-state index in [9.17, 15) is 0 Å². The zero-order valence-electron chi connectivity index (χ0n) is 10.9. The van der Waals surface area contributed by atoms with Crippen LogP contribution in [0.1, 0.15) is 31.9 Å². The van der Waals surface area contributed by atoms with Gasteiger partial charge in [-0.3, -0.25) is 4.90 Å². The average molecular weight is 250 g/mol. The van der Waals surface area contributed by atoms with E-state index in [0.717, 1.165) is 13.0 Å². The molecule has 1 aromatic rings. The Kier molecular flexibility index (Phi) is 5.59. The molecule has 1 aromatic carbocycles. The van der Waals surface area contributed by atoms with E-state index < -0.39 is 0 Å². The maximum atomic E-state index is 5.70. The van der Waals surface area contributed by atoms with Gasteiger partial charge in [-0.05, 0) is 18.5 Å². The molecule has 0 fully saturated rings. The van der Waals surface area contributed by atoms with E-state index in [1.54, 1.807) is 0 Å². The molecule has 17 heavy (non-hydrogen) atoms. The predicted molar refractivity (Wildman–Crippen MR) is 78.1 cm³/mol. The maximum absolute atomic E-state index is 5.70. The molecule has 2 nitrogen and oxygen atoms in total. The SMILES string of the molecule is CC(C)CN(C)C(CC(N)=S)c1ccccc1. The first kappa shape index (κ1) is 14.1. The van der Waals surface area contributed by atoms with Gasteiger partial charge in [0.1, 0.15) is 0 Å². The lowest BCUT2D eigenvalue weighted by Gasteiger charge is -2.29. The van der Waals surface area contributed by atoms with Crippen molar-refractivity contribution in [3.05, 3.63) is 35.9 Å². The first-order chi connectivity index (χ1) is 8.00. The number of benzene rings is 1. The summed E-state index contributed by atoms with van der Waals surface area (Å²) >= 11 is 5.06. The second-order valence-corrected chi connectivity index (χ2v) is 5.45. The van der Waals surface area contributed by atoms with E-state index >= 15 is 0 Å². The summed E-state index contributed by atoms with van der Waals surface area (Å²) in [5.41, 5.74) is 6.99. The highest BCUT2D eigenvalue weighted by Gasteiger charge is 2.18. The third kappa shape index (κ3) is 4.84. The van der Waals surface area contributed by atoms with Gasteiger partial charge >= 0.3 is 0 Å². The van der Waals surface area contributed by atoms with E-state index in [1.165, 1.54) is 5.56 Å². The van der Waals surface area contributed by atoms with Gasteiger partial charge in [0, 0.05) is 19.0 Å². The molecule has 1 atom stereocenters. The summed E-state index contributed by atoms with van der Waals surface area (Å²) in [6.07, 6.45) is 0.739. The predicted octanol–water partition coefficient (Wildman–Crippen LogP) is 2.99. The van der Waals surface area contributed by atoms with Crippen LogP contribution in [0.25, 0.3) is 0 Å². The van der Waals surface area contributed by atoms with Gasteiger partial charge < -0.3 is 5.73 Å². The van der Waals surface area contributed by atoms with Crippen molar-refractivity contribution in [3.8, 4) is 0 Å². The molecule has 0 heterocycles. The zero-order chi connectivity index (χ0) is 12.8. The number of thiocarbonyl (C=S) groups is 1. The van der Waals surface area contributed by atoms with E-state index in [1.807, 2.05) is 6.07 Å². The molecule has 0 bridgehead atoms. The molecule has 0 aromatic heterocycles. The Balaban J connectivity index is 2.84. The van der Waals surface area contributed by atoms with Crippen molar-refractivity contribution >= 4 is 17.2 Å². The molecule has 1 rings (SSSR count). The summed E-state index contributed by atoms with van der Waals surface area (Å²) in [6.45, 7) is 5.49. The van der Waals surface area contributed by atoms with Gasteiger partial charge in [0.2, 0.25) is 0 Å². The summed E-state index contributed by atoms with van der Waals surface area (Å²) in [5, 5.41) is 0. The van der Waals surface area contributed by atoms with Crippen LogP contribution in [0, 0.1) is 5.92 Å². The Morgan fingerprint density at radius 3 is 2.35 bits per heavy atom. The van der Waals surface area contributed by atoms with Crippen molar-refractivity contribution < 1.29 is 0 Å².